The van der Waals surface area contributed by atoms with Crippen LogP contribution in [-0.4, -0.2) is 36.1 Å². The molecule has 1 unspecified atom stereocenters. The highest BCUT2D eigenvalue weighted by atomic mass is 16.3. The molecule has 1 heterocycles. The van der Waals surface area contributed by atoms with Crippen molar-refractivity contribution in [3.05, 3.63) is 24.2 Å². The average molecular weight is 268 g/mol. The van der Waals surface area contributed by atoms with Crippen molar-refractivity contribution in [1.82, 2.24) is 10.6 Å². The lowest BCUT2D eigenvalue weighted by Crippen LogP contribution is -2.37. The van der Waals surface area contributed by atoms with E-state index < -0.39 is 0 Å². The van der Waals surface area contributed by atoms with E-state index in [2.05, 4.69) is 10.6 Å². The lowest BCUT2D eigenvalue weighted by atomic mass is 10.1. The van der Waals surface area contributed by atoms with Crippen LogP contribution in [0.15, 0.2) is 23.0 Å². The van der Waals surface area contributed by atoms with Crippen molar-refractivity contribution < 1.29 is 19.1 Å². The second-order valence-electron chi connectivity index (χ2n) is 4.20. The van der Waals surface area contributed by atoms with Gasteiger partial charge in [-0.3, -0.25) is 9.59 Å². The Kier molecular flexibility index (Phi) is 6.67. The molecule has 0 aliphatic rings. The van der Waals surface area contributed by atoms with E-state index in [9.17, 15) is 9.59 Å². The number of hydrogen-bond acceptors (Lipinski definition) is 4. The van der Waals surface area contributed by atoms with E-state index in [0.29, 0.717) is 12.0 Å². The topological polar surface area (TPSA) is 91.6 Å². The van der Waals surface area contributed by atoms with E-state index in [1.165, 1.54) is 12.5 Å². The summed E-state index contributed by atoms with van der Waals surface area (Å²) in [6, 6.07) is 1.55. The van der Waals surface area contributed by atoms with E-state index in [1.54, 1.807) is 6.07 Å². The van der Waals surface area contributed by atoms with Gasteiger partial charge in [0.2, 0.25) is 5.91 Å². The van der Waals surface area contributed by atoms with Crippen molar-refractivity contribution in [2.45, 2.75) is 32.2 Å². The molecule has 1 rings (SSSR count). The Labute approximate surface area is 112 Å². The molecule has 6 heteroatoms. The van der Waals surface area contributed by atoms with Crippen molar-refractivity contribution >= 4 is 11.8 Å². The SMILES string of the molecule is CCC(CCO)NC(=O)CCNC(=O)c1ccoc1. The minimum atomic E-state index is -0.260. The summed E-state index contributed by atoms with van der Waals surface area (Å²) in [6.45, 7) is 2.27. The summed E-state index contributed by atoms with van der Waals surface area (Å²) in [6.07, 6.45) is 4.30. The smallest absolute Gasteiger partial charge is 0.254 e. The molecule has 0 radical (unpaired) electrons. The third kappa shape index (κ3) is 5.56. The Morgan fingerprint density at radius 2 is 2.26 bits per heavy atom. The summed E-state index contributed by atoms with van der Waals surface area (Å²) < 4.78 is 4.79. The Hall–Kier alpha value is -1.82. The van der Waals surface area contributed by atoms with Crippen LogP contribution in [0.3, 0.4) is 0 Å². The van der Waals surface area contributed by atoms with Gasteiger partial charge in [0.1, 0.15) is 6.26 Å². The second-order valence-corrected chi connectivity index (χ2v) is 4.20. The summed E-state index contributed by atoms with van der Waals surface area (Å²) in [5.74, 6) is -0.392. The van der Waals surface area contributed by atoms with Crippen LogP contribution in [0.4, 0.5) is 0 Å². The number of hydrogen-bond donors (Lipinski definition) is 3. The molecular formula is C13H20N2O4. The Morgan fingerprint density at radius 3 is 2.84 bits per heavy atom. The molecule has 1 atom stereocenters. The summed E-state index contributed by atoms with van der Waals surface area (Å²) in [5, 5.41) is 14.3. The molecule has 0 aliphatic carbocycles. The van der Waals surface area contributed by atoms with Crippen LogP contribution in [0.5, 0.6) is 0 Å². The molecule has 1 aromatic rings. The zero-order valence-corrected chi connectivity index (χ0v) is 11.0. The summed E-state index contributed by atoms with van der Waals surface area (Å²) in [7, 11) is 0. The van der Waals surface area contributed by atoms with Crippen LogP contribution in [0.1, 0.15) is 36.5 Å². The van der Waals surface area contributed by atoms with Gasteiger partial charge in [0, 0.05) is 25.6 Å². The quantitative estimate of drug-likeness (QED) is 0.646. The fraction of sp³-hybridized carbons (Fsp3) is 0.538. The number of furan rings is 1. The van der Waals surface area contributed by atoms with Crippen molar-refractivity contribution in [2.24, 2.45) is 0 Å². The summed E-state index contributed by atoms with van der Waals surface area (Å²) in [5.41, 5.74) is 0.437. The molecule has 0 fully saturated rings. The minimum absolute atomic E-state index is 0.0120. The number of carbonyl (C=O) groups excluding carboxylic acids is 2. The fourth-order valence-electron chi connectivity index (χ4n) is 1.62. The van der Waals surface area contributed by atoms with Crippen molar-refractivity contribution in [3.8, 4) is 0 Å². The maximum Gasteiger partial charge on any atom is 0.254 e. The number of aliphatic hydroxyl groups is 1. The molecule has 0 saturated carbocycles. The van der Waals surface area contributed by atoms with Crippen LogP contribution in [0.2, 0.25) is 0 Å². The van der Waals surface area contributed by atoms with Crippen LogP contribution >= 0.6 is 0 Å². The van der Waals surface area contributed by atoms with E-state index in [0.717, 1.165) is 6.42 Å². The van der Waals surface area contributed by atoms with Gasteiger partial charge in [-0.15, -0.1) is 0 Å². The summed E-state index contributed by atoms with van der Waals surface area (Å²) >= 11 is 0. The maximum atomic E-state index is 11.6. The fourth-order valence-corrected chi connectivity index (χ4v) is 1.62. The zero-order chi connectivity index (χ0) is 14.1. The molecule has 0 aliphatic heterocycles. The number of nitrogens with one attached hydrogen (secondary N) is 2. The van der Waals surface area contributed by atoms with Gasteiger partial charge < -0.3 is 20.2 Å². The van der Waals surface area contributed by atoms with E-state index in [4.69, 9.17) is 9.52 Å². The first-order valence-corrected chi connectivity index (χ1v) is 6.38. The number of amides is 2. The second kappa shape index (κ2) is 8.31. The molecule has 19 heavy (non-hydrogen) atoms. The minimum Gasteiger partial charge on any atom is -0.472 e. The molecule has 3 N–H and O–H groups in total. The molecule has 0 aromatic carbocycles. The average Bonchev–Trinajstić information content (AvgIpc) is 2.92. The lowest BCUT2D eigenvalue weighted by Gasteiger charge is -2.15. The lowest BCUT2D eigenvalue weighted by molar-refractivity contribution is -0.121. The monoisotopic (exact) mass is 268 g/mol. The molecule has 0 spiro atoms. The van der Waals surface area contributed by atoms with Gasteiger partial charge in [-0.2, -0.15) is 0 Å². The Bertz CT molecular complexity index is 389. The molecule has 1 aromatic heterocycles. The molecular weight excluding hydrogens is 248 g/mol. The van der Waals surface area contributed by atoms with E-state index in [1.807, 2.05) is 6.92 Å². The predicted octanol–water partition coefficient (Wildman–Crippen LogP) is 0.677. The highest BCUT2D eigenvalue weighted by Crippen LogP contribution is 1.99. The van der Waals surface area contributed by atoms with Gasteiger partial charge in [0.15, 0.2) is 0 Å². The molecule has 0 bridgehead atoms. The zero-order valence-electron chi connectivity index (χ0n) is 11.0. The van der Waals surface area contributed by atoms with Crippen molar-refractivity contribution in [1.29, 1.82) is 0 Å². The van der Waals surface area contributed by atoms with Crippen LogP contribution in [0, 0.1) is 0 Å². The first kappa shape index (κ1) is 15.2. The Morgan fingerprint density at radius 1 is 1.47 bits per heavy atom. The number of rotatable bonds is 8. The third-order valence-corrected chi connectivity index (χ3v) is 2.76. The van der Waals surface area contributed by atoms with Gasteiger partial charge >= 0.3 is 0 Å². The summed E-state index contributed by atoms with van der Waals surface area (Å²) in [4.78, 5) is 23.1. The van der Waals surface area contributed by atoms with E-state index >= 15 is 0 Å². The number of aliphatic hydroxyl groups excluding tert-OH is 1. The largest absolute Gasteiger partial charge is 0.472 e. The van der Waals surface area contributed by atoms with Crippen molar-refractivity contribution in [3.63, 3.8) is 0 Å². The van der Waals surface area contributed by atoms with E-state index in [-0.39, 0.29) is 37.4 Å². The highest BCUT2D eigenvalue weighted by molar-refractivity contribution is 5.94. The van der Waals surface area contributed by atoms with Crippen LogP contribution in [0.25, 0.3) is 0 Å². The van der Waals surface area contributed by atoms with Gasteiger partial charge in [-0.1, -0.05) is 6.92 Å². The normalized spacial score (nSPS) is 11.9. The third-order valence-electron chi connectivity index (χ3n) is 2.76. The molecule has 2 amide bonds. The standard InChI is InChI=1S/C13H20N2O4/c1-2-11(4-7-16)15-12(17)3-6-14-13(18)10-5-8-19-9-10/h5,8-9,11,16H,2-4,6-7H2,1H3,(H,14,18)(H,15,17). The molecule has 0 saturated heterocycles. The molecule has 106 valence electrons. The van der Waals surface area contributed by atoms with Crippen molar-refractivity contribution in [2.75, 3.05) is 13.2 Å². The van der Waals surface area contributed by atoms with Gasteiger partial charge in [-0.05, 0) is 18.9 Å². The number of carbonyl (C=O) groups is 2. The van der Waals surface area contributed by atoms with Gasteiger partial charge in [0.25, 0.3) is 5.91 Å². The highest BCUT2D eigenvalue weighted by Gasteiger charge is 2.11. The van der Waals surface area contributed by atoms with Crippen LogP contribution in [-0.2, 0) is 4.79 Å². The maximum absolute atomic E-state index is 11.6. The van der Waals surface area contributed by atoms with Gasteiger partial charge in [0.05, 0.1) is 11.8 Å². The Balaban J connectivity index is 2.21. The predicted molar refractivity (Wildman–Crippen MR) is 69.6 cm³/mol. The first-order chi connectivity index (χ1) is 9.17. The van der Waals surface area contributed by atoms with Gasteiger partial charge in [-0.25, -0.2) is 0 Å². The first-order valence-electron chi connectivity index (χ1n) is 6.38. The van der Waals surface area contributed by atoms with Crippen LogP contribution < -0.4 is 10.6 Å². The molecule has 6 nitrogen and oxygen atoms in total.